The number of benzene rings is 2. The van der Waals surface area contributed by atoms with Gasteiger partial charge in [0.2, 0.25) is 5.13 Å². The third-order valence-corrected chi connectivity index (χ3v) is 4.92. The van der Waals surface area contributed by atoms with Gasteiger partial charge in [0.05, 0.1) is 29.3 Å². The normalized spacial score (nSPS) is 11.2. The van der Waals surface area contributed by atoms with Gasteiger partial charge in [-0.05, 0) is 55.5 Å². The van der Waals surface area contributed by atoms with Gasteiger partial charge in [-0.2, -0.15) is 10.1 Å². The molecule has 140 valence electrons. The molecule has 4 aromatic rings. The lowest BCUT2D eigenvalue weighted by Gasteiger charge is -2.14. The van der Waals surface area contributed by atoms with Crippen LogP contribution in [0.5, 0.6) is 5.75 Å². The molecule has 0 N–H and O–H groups in total. The Morgan fingerprint density at radius 2 is 2.00 bits per heavy atom. The van der Waals surface area contributed by atoms with Gasteiger partial charge in [0.15, 0.2) is 0 Å². The molecule has 28 heavy (non-hydrogen) atoms. The monoisotopic (exact) mass is 391 g/mol. The van der Waals surface area contributed by atoms with E-state index in [2.05, 4.69) is 10.1 Å². The van der Waals surface area contributed by atoms with Gasteiger partial charge in [0.1, 0.15) is 11.5 Å². The Kier molecular flexibility index (Phi) is 5.16. The number of thiazole rings is 1. The van der Waals surface area contributed by atoms with E-state index in [9.17, 15) is 4.79 Å². The molecular formula is C21H17N3O3S. The van der Waals surface area contributed by atoms with Crippen LogP contribution in [0.2, 0.25) is 0 Å². The minimum absolute atomic E-state index is 0.287. The van der Waals surface area contributed by atoms with Crippen LogP contribution in [0.15, 0.2) is 76.4 Å². The van der Waals surface area contributed by atoms with Crippen molar-refractivity contribution in [2.45, 2.75) is 6.92 Å². The zero-order chi connectivity index (χ0) is 19.3. The van der Waals surface area contributed by atoms with Crippen molar-refractivity contribution in [3.8, 4) is 5.75 Å². The average Bonchev–Trinajstić information content (AvgIpc) is 3.38. The molecule has 0 aliphatic carbocycles. The lowest BCUT2D eigenvalue weighted by Crippen LogP contribution is -2.25. The highest BCUT2D eigenvalue weighted by Gasteiger charge is 2.21. The van der Waals surface area contributed by atoms with E-state index in [1.807, 2.05) is 31.2 Å². The zero-order valence-electron chi connectivity index (χ0n) is 15.1. The number of anilines is 1. The molecule has 0 atom stereocenters. The first-order chi connectivity index (χ1) is 13.7. The standard InChI is InChI=1S/C21H17N3O3S/c1-2-26-16-11-9-15(10-12-16)20(25)24(22-14-17-6-5-13-27-17)21-23-18-7-3-4-8-19(18)28-21/h3-14H,2H2,1H3/b22-14-. The van der Waals surface area contributed by atoms with Gasteiger partial charge in [-0.15, -0.1) is 0 Å². The summed E-state index contributed by atoms with van der Waals surface area (Å²) < 4.78 is 11.7. The molecule has 0 bridgehead atoms. The number of ether oxygens (including phenoxy) is 1. The molecule has 0 unspecified atom stereocenters. The minimum atomic E-state index is -0.287. The number of carbonyl (C=O) groups excluding carboxylic acids is 1. The molecule has 0 aliphatic rings. The maximum Gasteiger partial charge on any atom is 0.280 e. The first kappa shape index (κ1) is 17.9. The molecule has 0 saturated heterocycles. The van der Waals surface area contributed by atoms with Crippen LogP contribution in [0.4, 0.5) is 5.13 Å². The Bertz CT molecular complexity index is 1070. The fraction of sp³-hybridized carbons (Fsp3) is 0.0952. The van der Waals surface area contributed by atoms with Gasteiger partial charge in [0.25, 0.3) is 5.91 Å². The summed E-state index contributed by atoms with van der Waals surface area (Å²) in [4.78, 5) is 17.7. The van der Waals surface area contributed by atoms with Crippen LogP contribution in [-0.4, -0.2) is 23.7 Å². The number of fused-ring (bicyclic) bond motifs is 1. The van der Waals surface area contributed by atoms with Crippen molar-refractivity contribution in [2.24, 2.45) is 5.10 Å². The maximum absolute atomic E-state index is 13.2. The molecule has 0 saturated carbocycles. The molecule has 6 nitrogen and oxygen atoms in total. The predicted molar refractivity (Wildman–Crippen MR) is 110 cm³/mol. The average molecular weight is 391 g/mol. The van der Waals surface area contributed by atoms with Crippen molar-refractivity contribution in [3.05, 3.63) is 78.3 Å². The molecule has 7 heteroatoms. The highest BCUT2D eigenvalue weighted by molar-refractivity contribution is 7.22. The third-order valence-electron chi connectivity index (χ3n) is 3.91. The van der Waals surface area contributed by atoms with E-state index >= 15 is 0 Å². The second-order valence-corrected chi connectivity index (χ2v) is 6.81. The number of para-hydroxylation sites is 1. The maximum atomic E-state index is 13.2. The lowest BCUT2D eigenvalue weighted by molar-refractivity contribution is 0.0988. The van der Waals surface area contributed by atoms with E-state index < -0.39 is 0 Å². The Labute approximate surface area is 165 Å². The predicted octanol–water partition coefficient (Wildman–Crippen LogP) is 4.97. The number of rotatable bonds is 6. The van der Waals surface area contributed by atoms with Gasteiger partial charge in [-0.1, -0.05) is 23.5 Å². The van der Waals surface area contributed by atoms with E-state index in [1.54, 1.807) is 42.7 Å². The number of hydrogen-bond donors (Lipinski definition) is 0. The van der Waals surface area contributed by atoms with E-state index in [0.29, 0.717) is 28.8 Å². The molecule has 2 aromatic heterocycles. The lowest BCUT2D eigenvalue weighted by atomic mass is 10.2. The van der Waals surface area contributed by atoms with E-state index in [4.69, 9.17) is 9.15 Å². The molecular weight excluding hydrogens is 374 g/mol. The zero-order valence-corrected chi connectivity index (χ0v) is 15.9. The number of nitrogens with zero attached hydrogens (tertiary/aromatic N) is 3. The molecule has 2 aromatic carbocycles. The highest BCUT2D eigenvalue weighted by atomic mass is 32.1. The Morgan fingerprint density at radius 1 is 1.18 bits per heavy atom. The third kappa shape index (κ3) is 3.79. The van der Waals surface area contributed by atoms with E-state index in [1.165, 1.54) is 22.6 Å². The second-order valence-electron chi connectivity index (χ2n) is 5.80. The minimum Gasteiger partial charge on any atom is -0.494 e. The summed E-state index contributed by atoms with van der Waals surface area (Å²) in [7, 11) is 0. The summed E-state index contributed by atoms with van der Waals surface area (Å²) in [5, 5.41) is 6.13. The SMILES string of the molecule is CCOc1ccc(C(=O)N(/N=C\c2ccco2)c2nc3ccccc3s2)cc1. The van der Waals surface area contributed by atoms with Crippen molar-refractivity contribution in [2.75, 3.05) is 11.6 Å². The van der Waals surface area contributed by atoms with Crippen molar-refractivity contribution < 1.29 is 13.9 Å². The number of aromatic nitrogens is 1. The van der Waals surface area contributed by atoms with Crippen molar-refractivity contribution in [1.29, 1.82) is 0 Å². The summed E-state index contributed by atoms with van der Waals surface area (Å²) in [6.07, 6.45) is 3.05. The summed E-state index contributed by atoms with van der Waals surface area (Å²) in [6.45, 7) is 2.48. The van der Waals surface area contributed by atoms with Crippen LogP contribution >= 0.6 is 11.3 Å². The van der Waals surface area contributed by atoms with Crippen LogP contribution in [0.25, 0.3) is 10.2 Å². The van der Waals surface area contributed by atoms with Crippen LogP contribution in [0.3, 0.4) is 0 Å². The largest absolute Gasteiger partial charge is 0.494 e. The molecule has 0 radical (unpaired) electrons. The van der Waals surface area contributed by atoms with Gasteiger partial charge in [0, 0.05) is 5.56 Å². The van der Waals surface area contributed by atoms with Crippen LogP contribution in [-0.2, 0) is 0 Å². The molecule has 2 heterocycles. The molecule has 0 aliphatic heterocycles. The Balaban J connectivity index is 1.70. The Morgan fingerprint density at radius 3 is 2.71 bits per heavy atom. The van der Waals surface area contributed by atoms with E-state index in [-0.39, 0.29) is 5.91 Å². The van der Waals surface area contributed by atoms with Crippen LogP contribution in [0.1, 0.15) is 23.0 Å². The number of carbonyl (C=O) groups is 1. The first-order valence-corrected chi connectivity index (χ1v) is 9.56. The number of furan rings is 1. The van der Waals surface area contributed by atoms with Crippen molar-refractivity contribution in [3.63, 3.8) is 0 Å². The number of hydrazone groups is 1. The highest BCUT2D eigenvalue weighted by Crippen LogP contribution is 2.30. The number of hydrogen-bond acceptors (Lipinski definition) is 6. The summed E-state index contributed by atoms with van der Waals surface area (Å²) >= 11 is 1.40. The summed E-state index contributed by atoms with van der Waals surface area (Å²) in [5.74, 6) is 0.972. The van der Waals surface area contributed by atoms with Gasteiger partial charge in [-0.25, -0.2) is 4.98 Å². The van der Waals surface area contributed by atoms with Crippen LogP contribution < -0.4 is 9.75 Å². The van der Waals surface area contributed by atoms with E-state index in [0.717, 1.165) is 10.2 Å². The van der Waals surface area contributed by atoms with Crippen LogP contribution in [0, 0.1) is 0 Å². The smallest absolute Gasteiger partial charge is 0.280 e. The topological polar surface area (TPSA) is 67.9 Å². The molecule has 0 fully saturated rings. The fourth-order valence-corrected chi connectivity index (χ4v) is 3.52. The Hall–Kier alpha value is -3.45. The fourth-order valence-electron chi connectivity index (χ4n) is 2.60. The quantitative estimate of drug-likeness (QED) is 0.344. The molecule has 4 rings (SSSR count). The van der Waals surface area contributed by atoms with Crippen molar-refractivity contribution >= 4 is 38.8 Å². The molecule has 1 amide bonds. The van der Waals surface area contributed by atoms with Crippen molar-refractivity contribution in [1.82, 2.24) is 4.98 Å². The van der Waals surface area contributed by atoms with Gasteiger partial charge in [-0.3, -0.25) is 4.79 Å². The summed E-state index contributed by atoms with van der Waals surface area (Å²) in [5.41, 5.74) is 1.31. The first-order valence-electron chi connectivity index (χ1n) is 8.75. The van der Waals surface area contributed by atoms with Gasteiger partial charge >= 0.3 is 0 Å². The van der Waals surface area contributed by atoms with Gasteiger partial charge < -0.3 is 9.15 Å². The number of amides is 1. The summed E-state index contributed by atoms with van der Waals surface area (Å²) in [6, 6.07) is 18.2. The second kappa shape index (κ2) is 8.06. The molecule has 0 spiro atoms.